The van der Waals surface area contributed by atoms with Gasteiger partial charge in [0.05, 0.1) is 18.3 Å². The SMILES string of the molecule is Cc1noc(C)c1CC(C)NC(=O)NC(C)COCC(C)C. The molecule has 6 heteroatoms. The van der Waals surface area contributed by atoms with Crippen molar-refractivity contribution in [3.05, 3.63) is 17.0 Å². The van der Waals surface area contributed by atoms with Gasteiger partial charge in [-0.3, -0.25) is 0 Å². The van der Waals surface area contributed by atoms with Gasteiger partial charge in [-0.05, 0) is 40.0 Å². The lowest BCUT2D eigenvalue weighted by Gasteiger charge is -2.18. The number of nitrogens with zero attached hydrogens (tertiary/aromatic N) is 1. The minimum Gasteiger partial charge on any atom is -0.379 e. The fourth-order valence-electron chi connectivity index (χ4n) is 2.16. The summed E-state index contributed by atoms with van der Waals surface area (Å²) >= 11 is 0. The summed E-state index contributed by atoms with van der Waals surface area (Å²) in [5, 5.41) is 9.73. The van der Waals surface area contributed by atoms with Crippen LogP contribution in [0.15, 0.2) is 4.52 Å². The van der Waals surface area contributed by atoms with Gasteiger partial charge in [-0.15, -0.1) is 0 Å². The van der Waals surface area contributed by atoms with Gasteiger partial charge in [0.15, 0.2) is 0 Å². The van der Waals surface area contributed by atoms with Crippen molar-refractivity contribution in [1.82, 2.24) is 15.8 Å². The summed E-state index contributed by atoms with van der Waals surface area (Å²) < 4.78 is 10.7. The Morgan fingerprint density at radius 3 is 2.32 bits per heavy atom. The first kappa shape index (κ1) is 18.5. The number of nitrogens with one attached hydrogen (secondary N) is 2. The molecule has 1 rings (SSSR count). The number of urea groups is 1. The topological polar surface area (TPSA) is 76.4 Å². The number of amides is 2. The second-order valence-electron chi connectivity index (χ2n) is 6.36. The van der Waals surface area contributed by atoms with Crippen molar-refractivity contribution < 1.29 is 14.1 Å². The minimum atomic E-state index is -0.181. The van der Waals surface area contributed by atoms with E-state index in [2.05, 4.69) is 29.6 Å². The summed E-state index contributed by atoms with van der Waals surface area (Å²) in [6, 6.07) is -0.203. The molecule has 1 heterocycles. The molecule has 0 saturated carbocycles. The highest BCUT2D eigenvalue weighted by Gasteiger charge is 2.15. The molecular formula is C16H29N3O3. The van der Waals surface area contributed by atoms with Crippen LogP contribution in [-0.2, 0) is 11.2 Å². The van der Waals surface area contributed by atoms with Crippen LogP contribution < -0.4 is 10.6 Å². The third kappa shape index (κ3) is 6.47. The van der Waals surface area contributed by atoms with Gasteiger partial charge < -0.3 is 19.9 Å². The average molecular weight is 311 g/mol. The molecular weight excluding hydrogens is 282 g/mol. The van der Waals surface area contributed by atoms with Crippen molar-refractivity contribution in [2.45, 2.75) is 60.0 Å². The highest BCUT2D eigenvalue weighted by molar-refractivity contribution is 5.74. The van der Waals surface area contributed by atoms with Gasteiger partial charge >= 0.3 is 6.03 Å². The molecule has 0 saturated heterocycles. The number of carbonyl (C=O) groups excluding carboxylic acids is 1. The summed E-state index contributed by atoms with van der Waals surface area (Å²) in [5.41, 5.74) is 1.93. The van der Waals surface area contributed by atoms with Crippen molar-refractivity contribution >= 4 is 6.03 Å². The maximum absolute atomic E-state index is 11.9. The predicted molar refractivity (Wildman–Crippen MR) is 85.9 cm³/mol. The lowest BCUT2D eigenvalue weighted by molar-refractivity contribution is 0.0953. The second kappa shape index (κ2) is 8.78. The fourth-order valence-corrected chi connectivity index (χ4v) is 2.16. The van der Waals surface area contributed by atoms with E-state index in [4.69, 9.17) is 9.26 Å². The Bertz CT molecular complexity index is 452. The number of ether oxygens (including phenoxy) is 1. The number of carbonyl (C=O) groups is 1. The van der Waals surface area contributed by atoms with Crippen LogP contribution in [0.25, 0.3) is 0 Å². The van der Waals surface area contributed by atoms with E-state index in [1.807, 2.05) is 27.7 Å². The Kier molecular flexibility index (Phi) is 7.38. The van der Waals surface area contributed by atoms with Crippen LogP contribution in [0.1, 0.15) is 44.7 Å². The summed E-state index contributed by atoms with van der Waals surface area (Å²) in [6.07, 6.45) is 0.701. The summed E-state index contributed by atoms with van der Waals surface area (Å²) in [6.45, 7) is 13.1. The lowest BCUT2D eigenvalue weighted by Crippen LogP contribution is -2.46. The minimum absolute atomic E-state index is 0.000539. The summed E-state index contributed by atoms with van der Waals surface area (Å²) in [4.78, 5) is 11.9. The number of hydrogen-bond donors (Lipinski definition) is 2. The summed E-state index contributed by atoms with van der Waals surface area (Å²) in [7, 11) is 0. The first-order chi connectivity index (χ1) is 10.3. The van der Waals surface area contributed by atoms with Crippen molar-refractivity contribution in [1.29, 1.82) is 0 Å². The molecule has 0 bridgehead atoms. The molecule has 0 aliphatic rings. The molecule has 0 fully saturated rings. The molecule has 6 nitrogen and oxygen atoms in total. The molecule has 1 aromatic rings. The zero-order chi connectivity index (χ0) is 16.7. The van der Waals surface area contributed by atoms with E-state index in [1.165, 1.54) is 0 Å². The maximum atomic E-state index is 11.9. The predicted octanol–water partition coefficient (Wildman–Crippen LogP) is 2.58. The highest BCUT2D eigenvalue weighted by Crippen LogP contribution is 2.14. The van der Waals surface area contributed by atoms with Crippen LogP contribution in [0.2, 0.25) is 0 Å². The van der Waals surface area contributed by atoms with E-state index >= 15 is 0 Å². The normalized spacial score (nSPS) is 14.0. The number of rotatable bonds is 8. The third-order valence-corrected chi connectivity index (χ3v) is 3.27. The van der Waals surface area contributed by atoms with Crippen LogP contribution in [0.3, 0.4) is 0 Å². The third-order valence-electron chi connectivity index (χ3n) is 3.27. The molecule has 126 valence electrons. The molecule has 2 unspecified atom stereocenters. The van der Waals surface area contributed by atoms with E-state index in [-0.39, 0.29) is 18.1 Å². The number of aromatic nitrogens is 1. The molecule has 0 aliphatic heterocycles. The van der Waals surface area contributed by atoms with E-state index < -0.39 is 0 Å². The van der Waals surface area contributed by atoms with Crippen LogP contribution in [0.5, 0.6) is 0 Å². The van der Waals surface area contributed by atoms with E-state index in [0.29, 0.717) is 25.6 Å². The Balaban J connectivity index is 2.32. The maximum Gasteiger partial charge on any atom is 0.315 e. The van der Waals surface area contributed by atoms with E-state index in [0.717, 1.165) is 17.0 Å². The van der Waals surface area contributed by atoms with E-state index in [9.17, 15) is 4.79 Å². The van der Waals surface area contributed by atoms with Crippen molar-refractivity contribution in [3.63, 3.8) is 0 Å². The van der Waals surface area contributed by atoms with Gasteiger partial charge in [0.1, 0.15) is 5.76 Å². The van der Waals surface area contributed by atoms with Crippen molar-refractivity contribution in [2.75, 3.05) is 13.2 Å². The quantitative estimate of drug-likeness (QED) is 0.773. The molecule has 2 N–H and O–H groups in total. The van der Waals surface area contributed by atoms with Gasteiger partial charge in [-0.25, -0.2) is 4.79 Å². The molecule has 0 aliphatic carbocycles. The molecule has 2 atom stereocenters. The molecule has 0 aromatic carbocycles. The molecule has 0 radical (unpaired) electrons. The van der Waals surface area contributed by atoms with Gasteiger partial charge in [0, 0.05) is 18.2 Å². The molecule has 2 amide bonds. The van der Waals surface area contributed by atoms with Crippen LogP contribution >= 0.6 is 0 Å². The summed E-state index contributed by atoms with van der Waals surface area (Å²) in [5.74, 6) is 1.30. The smallest absolute Gasteiger partial charge is 0.315 e. The Morgan fingerprint density at radius 1 is 1.14 bits per heavy atom. The monoisotopic (exact) mass is 311 g/mol. The zero-order valence-corrected chi connectivity index (χ0v) is 14.5. The first-order valence-corrected chi connectivity index (χ1v) is 7.86. The first-order valence-electron chi connectivity index (χ1n) is 7.86. The largest absolute Gasteiger partial charge is 0.379 e. The standard InChI is InChI=1S/C16H29N3O3/c1-10(2)8-21-9-12(4)18-16(20)17-11(3)7-15-13(5)19-22-14(15)6/h10-12H,7-9H2,1-6H3,(H2,17,18,20). The molecule has 0 spiro atoms. The van der Waals surface area contributed by atoms with Crippen molar-refractivity contribution in [3.8, 4) is 0 Å². The molecule has 1 aromatic heterocycles. The zero-order valence-electron chi connectivity index (χ0n) is 14.5. The van der Waals surface area contributed by atoms with Crippen LogP contribution in [0, 0.1) is 19.8 Å². The van der Waals surface area contributed by atoms with Gasteiger partial charge in [0.25, 0.3) is 0 Å². The van der Waals surface area contributed by atoms with Crippen LogP contribution in [-0.4, -0.2) is 36.5 Å². The molecule has 22 heavy (non-hydrogen) atoms. The highest BCUT2D eigenvalue weighted by atomic mass is 16.5. The lowest BCUT2D eigenvalue weighted by atomic mass is 10.1. The Hall–Kier alpha value is -1.56. The van der Waals surface area contributed by atoms with E-state index in [1.54, 1.807) is 0 Å². The van der Waals surface area contributed by atoms with Gasteiger partial charge in [-0.1, -0.05) is 19.0 Å². The Labute approximate surface area is 133 Å². The average Bonchev–Trinajstić information content (AvgIpc) is 2.69. The Morgan fingerprint density at radius 2 is 1.77 bits per heavy atom. The number of hydrogen-bond acceptors (Lipinski definition) is 4. The second-order valence-corrected chi connectivity index (χ2v) is 6.36. The fraction of sp³-hybridized carbons (Fsp3) is 0.750. The number of aryl methyl sites for hydroxylation is 2. The van der Waals surface area contributed by atoms with Crippen molar-refractivity contribution in [2.24, 2.45) is 5.92 Å². The van der Waals surface area contributed by atoms with Gasteiger partial charge in [-0.2, -0.15) is 0 Å². The van der Waals surface area contributed by atoms with Crippen LogP contribution in [0.4, 0.5) is 4.79 Å². The van der Waals surface area contributed by atoms with Gasteiger partial charge in [0.2, 0.25) is 0 Å².